The van der Waals surface area contributed by atoms with Crippen molar-refractivity contribution in [3.8, 4) is 11.5 Å². The van der Waals surface area contributed by atoms with Crippen molar-refractivity contribution < 1.29 is 9.47 Å². The summed E-state index contributed by atoms with van der Waals surface area (Å²) in [7, 11) is 0. The molecular weight excluding hydrogens is 264 g/mol. The quantitative estimate of drug-likeness (QED) is 0.923. The first-order valence-electron chi connectivity index (χ1n) is 8.14. The molecule has 0 aliphatic carbocycles. The molecule has 2 atom stereocenters. The fraction of sp³-hybridized carbons (Fsp3) is 0.647. The normalized spacial score (nSPS) is 21.8. The van der Waals surface area contributed by atoms with E-state index < -0.39 is 0 Å². The maximum absolute atomic E-state index is 5.76. The third kappa shape index (κ3) is 3.16. The van der Waals surface area contributed by atoms with Gasteiger partial charge in [-0.2, -0.15) is 0 Å². The molecule has 0 amide bonds. The summed E-state index contributed by atoms with van der Waals surface area (Å²) in [5, 5.41) is 3.44. The SMILES string of the molecule is CCC(C)[C@H](c1ccc2c(c1)OCCO2)N1CCNCC1. The van der Waals surface area contributed by atoms with Gasteiger partial charge >= 0.3 is 0 Å². The van der Waals surface area contributed by atoms with Crippen molar-refractivity contribution in [3.05, 3.63) is 23.8 Å². The van der Waals surface area contributed by atoms with E-state index >= 15 is 0 Å². The molecule has 3 rings (SSSR count). The van der Waals surface area contributed by atoms with E-state index in [0.717, 1.165) is 37.7 Å². The zero-order valence-corrected chi connectivity index (χ0v) is 13.1. The maximum atomic E-state index is 5.76. The number of hydrogen-bond donors (Lipinski definition) is 1. The topological polar surface area (TPSA) is 33.7 Å². The molecule has 0 bridgehead atoms. The van der Waals surface area contributed by atoms with Crippen LogP contribution < -0.4 is 14.8 Å². The number of nitrogens with zero attached hydrogens (tertiary/aromatic N) is 1. The van der Waals surface area contributed by atoms with Crippen molar-refractivity contribution in [2.45, 2.75) is 26.3 Å². The Morgan fingerprint density at radius 3 is 2.57 bits per heavy atom. The van der Waals surface area contributed by atoms with Crippen LogP contribution in [0.2, 0.25) is 0 Å². The number of rotatable bonds is 4. The third-order valence-corrected chi connectivity index (χ3v) is 4.64. The zero-order chi connectivity index (χ0) is 14.7. The van der Waals surface area contributed by atoms with E-state index in [4.69, 9.17) is 9.47 Å². The second kappa shape index (κ2) is 6.67. The molecule has 0 spiro atoms. The van der Waals surface area contributed by atoms with Crippen LogP contribution in [0.25, 0.3) is 0 Å². The van der Waals surface area contributed by atoms with Crippen molar-refractivity contribution in [1.82, 2.24) is 10.2 Å². The first kappa shape index (κ1) is 14.7. The van der Waals surface area contributed by atoms with E-state index in [-0.39, 0.29) is 0 Å². The van der Waals surface area contributed by atoms with Gasteiger partial charge in [0.15, 0.2) is 11.5 Å². The largest absolute Gasteiger partial charge is 0.486 e. The number of benzene rings is 1. The van der Waals surface area contributed by atoms with Crippen LogP contribution in [-0.4, -0.2) is 44.3 Å². The van der Waals surface area contributed by atoms with Gasteiger partial charge in [-0.1, -0.05) is 26.3 Å². The van der Waals surface area contributed by atoms with Crippen molar-refractivity contribution >= 4 is 0 Å². The smallest absolute Gasteiger partial charge is 0.161 e. The van der Waals surface area contributed by atoms with Crippen LogP contribution in [0.1, 0.15) is 31.9 Å². The van der Waals surface area contributed by atoms with Gasteiger partial charge in [0, 0.05) is 32.2 Å². The molecule has 2 aliphatic rings. The summed E-state index contributed by atoms with van der Waals surface area (Å²) >= 11 is 0. The highest BCUT2D eigenvalue weighted by atomic mass is 16.6. The fourth-order valence-electron chi connectivity index (χ4n) is 3.33. The summed E-state index contributed by atoms with van der Waals surface area (Å²) in [4.78, 5) is 2.61. The van der Waals surface area contributed by atoms with Crippen LogP contribution in [0.4, 0.5) is 0 Å². The average Bonchev–Trinajstić information content (AvgIpc) is 2.56. The molecule has 0 aromatic heterocycles. The molecule has 1 saturated heterocycles. The maximum Gasteiger partial charge on any atom is 0.161 e. The van der Waals surface area contributed by atoms with E-state index in [1.54, 1.807) is 0 Å². The second-order valence-electron chi connectivity index (χ2n) is 6.02. The average molecular weight is 290 g/mol. The molecular formula is C17H26N2O2. The summed E-state index contributed by atoms with van der Waals surface area (Å²) < 4.78 is 11.4. The molecule has 1 aromatic rings. The molecule has 0 saturated carbocycles. The van der Waals surface area contributed by atoms with Gasteiger partial charge in [0.2, 0.25) is 0 Å². The molecule has 0 radical (unpaired) electrons. The van der Waals surface area contributed by atoms with Crippen LogP contribution in [-0.2, 0) is 0 Å². The van der Waals surface area contributed by atoms with Gasteiger partial charge in [-0.15, -0.1) is 0 Å². The van der Waals surface area contributed by atoms with Crippen molar-refractivity contribution in [3.63, 3.8) is 0 Å². The lowest BCUT2D eigenvalue weighted by atomic mass is 9.90. The predicted molar refractivity (Wildman–Crippen MR) is 84.1 cm³/mol. The standard InChI is InChI=1S/C17H26N2O2/c1-3-13(2)17(19-8-6-18-7-9-19)14-4-5-15-16(12-14)21-11-10-20-15/h4-5,12-13,17-18H,3,6-11H2,1-2H3/t13?,17-/m1/s1. The second-order valence-corrected chi connectivity index (χ2v) is 6.02. The number of hydrogen-bond acceptors (Lipinski definition) is 4. The predicted octanol–water partition coefficient (Wildman–Crippen LogP) is 2.45. The lowest BCUT2D eigenvalue weighted by molar-refractivity contribution is 0.127. The minimum atomic E-state index is 0.466. The number of fused-ring (bicyclic) bond motifs is 1. The molecule has 21 heavy (non-hydrogen) atoms. The summed E-state index contributed by atoms with van der Waals surface area (Å²) in [6.45, 7) is 10.3. The molecule has 1 N–H and O–H groups in total. The lowest BCUT2D eigenvalue weighted by Gasteiger charge is -2.38. The molecule has 4 heteroatoms. The van der Waals surface area contributed by atoms with Crippen LogP contribution in [0.5, 0.6) is 11.5 Å². The molecule has 2 heterocycles. The zero-order valence-electron chi connectivity index (χ0n) is 13.1. The summed E-state index contributed by atoms with van der Waals surface area (Å²) in [5.74, 6) is 2.42. The number of piperazine rings is 1. The highest BCUT2D eigenvalue weighted by Gasteiger charge is 2.27. The third-order valence-electron chi connectivity index (χ3n) is 4.64. The molecule has 1 unspecified atom stereocenters. The first-order valence-corrected chi connectivity index (χ1v) is 8.14. The van der Waals surface area contributed by atoms with Crippen LogP contribution >= 0.6 is 0 Å². The first-order chi connectivity index (χ1) is 10.3. The minimum absolute atomic E-state index is 0.466. The Bertz CT molecular complexity index is 472. The van der Waals surface area contributed by atoms with Gasteiger partial charge < -0.3 is 14.8 Å². The van der Waals surface area contributed by atoms with Gasteiger partial charge in [-0.05, 0) is 23.6 Å². The highest BCUT2D eigenvalue weighted by Crippen LogP contribution is 2.37. The summed E-state index contributed by atoms with van der Waals surface area (Å²) in [6.07, 6.45) is 1.18. The Morgan fingerprint density at radius 1 is 1.14 bits per heavy atom. The summed E-state index contributed by atoms with van der Waals surface area (Å²) in [5.41, 5.74) is 1.36. The van der Waals surface area contributed by atoms with Gasteiger partial charge in [0.1, 0.15) is 13.2 Å². The molecule has 1 fully saturated rings. The molecule has 1 aromatic carbocycles. The van der Waals surface area contributed by atoms with Crippen molar-refractivity contribution in [2.24, 2.45) is 5.92 Å². The lowest BCUT2D eigenvalue weighted by Crippen LogP contribution is -2.46. The Kier molecular flexibility index (Phi) is 4.66. The van der Waals surface area contributed by atoms with E-state index in [0.29, 0.717) is 25.2 Å². The van der Waals surface area contributed by atoms with E-state index in [1.165, 1.54) is 12.0 Å². The van der Waals surface area contributed by atoms with Gasteiger partial charge in [0.05, 0.1) is 0 Å². The van der Waals surface area contributed by atoms with E-state index in [9.17, 15) is 0 Å². The Balaban J connectivity index is 1.88. The fourth-order valence-corrected chi connectivity index (χ4v) is 3.33. The van der Waals surface area contributed by atoms with Crippen molar-refractivity contribution in [2.75, 3.05) is 39.4 Å². The number of nitrogens with one attached hydrogen (secondary N) is 1. The van der Waals surface area contributed by atoms with Gasteiger partial charge in [-0.3, -0.25) is 4.90 Å². The van der Waals surface area contributed by atoms with Crippen LogP contribution in [0.15, 0.2) is 18.2 Å². The molecule has 116 valence electrons. The monoisotopic (exact) mass is 290 g/mol. The van der Waals surface area contributed by atoms with Gasteiger partial charge in [0.25, 0.3) is 0 Å². The van der Waals surface area contributed by atoms with E-state index in [1.807, 2.05) is 0 Å². The van der Waals surface area contributed by atoms with E-state index in [2.05, 4.69) is 42.3 Å². The molecule has 2 aliphatic heterocycles. The van der Waals surface area contributed by atoms with Crippen LogP contribution in [0.3, 0.4) is 0 Å². The Morgan fingerprint density at radius 2 is 1.86 bits per heavy atom. The Hall–Kier alpha value is -1.26. The molecule has 4 nitrogen and oxygen atoms in total. The highest BCUT2D eigenvalue weighted by molar-refractivity contribution is 5.44. The Labute approximate surface area is 127 Å². The number of ether oxygens (including phenoxy) is 2. The summed E-state index contributed by atoms with van der Waals surface area (Å²) in [6, 6.07) is 6.94. The minimum Gasteiger partial charge on any atom is -0.486 e. The van der Waals surface area contributed by atoms with Crippen molar-refractivity contribution in [1.29, 1.82) is 0 Å². The van der Waals surface area contributed by atoms with Gasteiger partial charge in [-0.25, -0.2) is 0 Å². The van der Waals surface area contributed by atoms with Crippen LogP contribution in [0, 0.1) is 5.92 Å².